The van der Waals surface area contributed by atoms with Crippen molar-refractivity contribution in [3.8, 4) is 0 Å². The number of nitrogens with one attached hydrogen (secondary N) is 1. The lowest BCUT2D eigenvalue weighted by atomic mass is 10.3. The Hall–Kier alpha value is 0.01000. The SMILES string of the molecule is ICCCc1ccc[nH]1. The highest BCUT2D eigenvalue weighted by atomic mass is 127. The van der Waals surface area contributed by atoms with Gasteiger partial charge in [0, 0.05) is 11.9 Å². The molecule has 1 N–H and O–H groups in total. The first kappa shape index (κ1) is 7.12. The molecule has 0 atom stereocenters. The average molecular weight is 235 g/mol. The molecule has 0 radical (unpaired) electrons. The summed E-state index contributed by atoms with van der Waals surface area (Å²) in [7, 11) is 0. The molecule has 0 aliphatic carbocycles. The van der Waals surface area contributed by atoms with E-state index in [1.807, 2.05) is 12.3 Å². The van der Waals surface area contributed by atoms with Gasteiger partial charge in [0.1, 0.15) is 0 Å². The number of hydrogen-bond acceptors (Lipinski definition) is 0. The predicted molar refractivity (Wildman–Crippen MR) is 48.0 cm³/mol. The molecule has 0 spiro atoms. The highest BCUT2D eigenvalue weighted by molar-refractivity contribution is 14.1. The van der Waals surface area contributed by atoms with Gasteiger partial charge in [-0.15, -0.1) is 0 Å². The third-order valence-corrected chi connectivity index (χ3v) is 2.00. The van der Waals surface area contributed by atoms with Gasteiger partial charge >= 0.3 is 0 Å². The van der Waals surface area contributed by atoms with E-state index < -0.39 is 0 Å². The largest absolute Gasteiger partial charge is 0.365 e. The quantitative estimate of drug-likeness (QED) is 0.611. The third-order valence-electron chi connectivity index (χ3n) is 1.24. The number of alkyl halides is 1. The summed E-state index contributed by atoms with van der Waals surface area (Å²) in [6, 6.07) is 4.18. The lowest BCUT2D eigenvalue weighted by Crippen LogP contribution is -1.83. The summed E-state index contributed by atoms with van der Waals surface area (Å²) in [6.07, 6.45) is 4.44. The Morgan fingerprint density at radius 2 is 2.44 bits per heavy atom. The van der Waals surface area contributed by atoms with Crippen LogP contribution in [0.4, 0.5) is 0 Å². The Bertz CT molecular complexity index is 146. The number of aromatic nitrogens is 1. The van der Waals surface area contributed by atoms with E-state index in [4.69, 9.17) is 0 Å². The van der Waals surface area contributed by atoms with Crippen LogP contribution in [-0.2, 0) is 6.42 Å². The number of halogens is 1. The zero-order chi connectivity index (χ0) is 6.53. The summed E-state index contributed by atoms with van der Waals surface area (Å²) in [5.41, 5.74) is 1.35. The monoisotopic (exact) mass is 235 g/mol. The molecule has 2 heteroatoms. The van der Waals surface area contributed by atoms with Crippen molar-refractivity contribution in [2.45, 2.75) is 12.8 Å². The third kappa shape index (κ3) is 2.39. The lowest BCUT2D eigenvalue weighted by molar-refractivity contribution is 0.913. The minimum Gasteiger partial charge on any atom is -0.365 e. The molecule has 1 nitrogen and oxygen atoms in total. The molecule has 0 fully saturated rings. The molecule has 1 rings (SSSR count). The number of rotatable bonds is 3. The molecule has 0 amide bonds. The van der Waals surface area contributed by atoms with E-state index in [1.165, 1.54) is 23.0 Å². The summed E-state index contributed by atoms with van der Waals surface area (Å²) in [5.74, 6) is 0. The molecule has 0 unspecified atom stereocenters. The molecule has 50 valence electrons. The Morgan fingerprint density at radius 1 is 1.56 bits per heavy atom. The van der Waals surface area contributed by atoms with Crippen molar-refractivity contribution in [1.29, 1.82) is 0 Å². The summed E-state index contributed by atoms with van der Waals surface area (Å²) in [6.45, 7) is 0. The van der Waals surface area contributed by atoms with Gasteiger partial charge in [-0.05, 0) is 29.4 Å². The van der Waals surface area contributed by atoms with Gasteiger partial charge in [-0.25, -0.2) is 0 Å². The zero-order valence-electron chi connectivity index (χ0n) is 5.23. The Labute approximate surface area is 69.0 Å². The molecule has 9 heavy (non-hydrogen) atoms. The predicted octanol–water partition coefficient (Wildman–Crippen LogP) is 2.38. The van der Waals surface area contributed by atoms with E-state index in [0.29, 0.717) is 0 Å². The highest BCUT2D eigenvalue weighted by Gasteiger charge is 1.89. The minimum atomic E-state index is 1.19. The van der Waals surface area contributed by atoms with Crippen LogP contribution in [0, 0.1) is 0 Å². The molecule has 0 aliphatic heterocycles. The van der Waals surface area contributed by atoms with Gasteiger partial charge in [0.25, 0.3) is 0 Å². The summed E-state index contributed by atoms with van der Waals surface area (Å²) in [4.78, 5) is 3.17. The Morgan fingerprint density at radius 3 is 3.00 bits per heavy atom. The average Bonchev–Trinajstić information content (AvgIpc) is 2.34. The summed E-state index contributed by atoms with van der Waals surface area (Å²) < 4.78 is 1.25. The van der Waals surface area contributed by atoms with Gasteiger partial charge in [0.2, 0.25) is 0 Å². The Kier molecular flexibility index (Phi) is 3.11. The van der Waals surface area contributed by atoms with Crippen molar-refractivity contribution in [2.24, 2.45) is 0 Å². The smallest absolute Gasteiger partial charge is 0.0147 e. The molecule has 1 aromatic rings. The van der Waals surface area contributed by atoms with E-state index in [0.717, 1.165) is 0 Å². The normalized spacial score (nSPS) is 9.89. The van der Waals surface area contributed by atoms with Crippen LogP contribution in [-0.4, -0.2) is 9.41 Å². The number of aryl methyl sites for hydroxylation is 1. The van der Waals surface area contributed by atoms with Gasteiger partial charge in [-0.1, -0.05) is 22.6 Å². The van der Waals surface area contributed by atoms with Crippen molar-refractivity contribution < 1.29 is 0 Å². The van der Waals surface area contributed by atoms with E-state index in [9.17, 15) is 0 Å². The van der Waals surface area contributed by atoms with Gasteiger partial charge in [-0.2, -0.15) is 0 Å². The molecule has 1 aromatic heterocycles. The number of hydrogen-bond donors (Lipinski definition) is 1. The second-order valence-corrected chi connectivity index (χ2v) is 3.07. The summed E-state index contributed by atoms with van der Waals surface area (Å²) in [5, 5.41) is 0. The lowest BCUT2D eigenvalue weighted by Gasteiger charge is -1.91. The summed E-state index contributed by atoms with van der Waals surface area (Å²) >= 11 is 2.40. The van der Waals surface area contributed by atoms with Crippen molar-refractivity contribution in [3.05, 3.63) is 24.0 Å². The van der Waals surface area contributed by atoms with Crippen molar-refractivity contribution in [2.75, 3.05) is 4.43 Å². The first-order valence-corrected chi connectivity index (χ1v) is 4.64. The maximum absolute atomic E-state index is 3.17. The fourth-order valence-corrected chi connectivity index (χ4v) is 1.16. The van der Waals surface area contributed by atoms with Gasteiger partial charge in [0.05, 0.1) is 0 Å². The van der Waals surface area contributed by atoms with Crippen molar-refractivity contribution in [3.63, 3.8) is 0 Å². The first-order chi connectivity index (χ1) is 4.43. The van der Waals surface area contributed by atoms with Crippen LogP contribution >= 0.6 is 22.6 Å². The first-order valence-electron chi connectivity index (χ1n) is 3.11. The number of H-pyrrole nitrogens is 1. The van der Waals surface area contributed by atoms with E-state index in [-0.39, 0.29) is 0 Å². The van der Waals surface area contributed by atoms with Crippen LogP contribution in [0.25, 0.3) is 0 Å². The molecule has 0 aromatic carbocycles. The maximum Gasteiger partial charge on any atom is 0.0147 e. The molecule has 0 bridgehead atoms. The van der Waals surface area contributed by atoms with Crippen LogP contribution in [0.3, 0.4) is 0 Å². The molecular formula is C7H10IN. The van der Waals surface area contributed by atoms with Gasteiger partial charge in [-0.3, -0.25) is 0 Å². The van der Waals surface area contributed by atoms with Crippen LogP contribution < -0.4 is 0 Å². The van der Waals surface area contributed by atoms with Gasteiger partial charge in [0.15, 0.2) is 0 Å². The standard InChI is InChI=1S/C7H10IN/c8-5-1-3-7-4-2-6-9-7/h2,4,6,9H,1,3,5H2. The molecule has 0 aliphatic rings. The fraction of sp³-hybridized carbons (Fsp3) is 0.429. The fourth-order valence-electron chi connectivity index (χ4n) is 0.780. The van der Waals surface area contributed by atoms with Gasteiger partial charge < -0.3 is 4.98 Å². The maximum atomic E-state index is 3.17. The van der Waals surface area contributed by atoms with E-state index >= 15 is 0 Å². The molecule has 0 saturated heterocycles. The van der Waals surface area contributed by atoms with E-state index in [2.05, 4.69) is 33.6 Å². The van der Waals surface area contributed by atoms with E-state index in [1.54, 1.807) is 0 Å². The zero-order valence-corrected chi connectivity index (χ0v) is 7.39. The van der Waals surface area contributed by atoms with Crippen LogP contribution in [0.15, 0.2) is 18.3 Å². The minimum absolute atomic E-state index is 1.19. The van der Waals surface area contributed by atoms with Crippen LogP contribution in [0.5, 0.6) is 0 Å². The molecule has 1 heterocycles. The topological polar surface area (TPSA) is 15.8 Å². The highest BCUT2D eigenvalue weighted by Crippen LogP contribution is 2.00. The Balaban J connectivity index is 2.30. The molecular weight excluding hydrogens is 225 g/mol. The van der Waals surface area contributed by atoms with Crippen LogP contribution in [0.2, 0.25) is 0 Å². The second kappa shape index (κ2) is 3.93. The van der Waals surface area contributed by atoms with Crippen molar-refractivity contribution >= 4 is 22.6 Å². The van der Waals surface area contributed by atoms with Crippen molar-refractivity contribution in [1.82, 2.24) is 4.98 Å². The van der Waals surface area contributed by atoms with Crippen LogP contribution in [0.1, 0.15) is 12.1 Å². The second-order valence-electron chi connectivity index (χ2n) is 1.99. The molecule has 0 saturated carbocycles. The number of aromatic amines is 1.